The van der Waals surface area contributed by atoms with E-state index in [2.05, 4.69) is 25.2 Å². The van der Waals surface area contributed by atoms with Gasteiger partial charge in [-0.05, 0) is 54.6 Å². The van der Waals surface area contributed by atoms with Crippen LogP contribution in [0.15, 0.2) is 77.9 Å². The van der Waals surface area contributed by atoms with Crippen LogP contribution in [0.2, 0.25) is 0 Å². The van der Waals surface area contributed by atoms with Crippen LogP contribution in [0.25, 0.3) is 22.5 Å². The fraction of sp³-hybridized carbons (Fsp3) is 0.200. The fourth-order valence-corrected chi connectivity index (χ4v) is 3.91. The summed E-state index contributed by atoms with van der Waals surface area (Å²) in [5, 5.41) is 12.9. The molecule has 1 aliphatic heterocycles. The van der Waals surface area contributed by atoms with Crippen molar-refractivity contribution < 1.29 is 9.18 Å². The number of benzene rings is 1. The second-order valence-electron chi connectivity index (χ2n) is 8.11. The molecule has 1 fully saturated rings. The molecule has 0 unspecified atom stereocenters. The molecule has 0 spiro atoms. The third-order valence-corrected chi connectivity index (χ3v) is 5.86. The first-order valence-electron chi connectivity index (χ1n) is 11.2. The smallest absolute Gasteiger partial charge is 0.267 e. The Labute approximate surface area is 200 Å². The van der Waals surface area contributed by atoms with Crippen molar-refractivity contribution in [3.05, 3.63) is 89.2 Å². The number of hydrogen-bond acceptors (Lipinski definition) is 7. The van der Waals surface area contributed by atoms with E-state index in [0.29, 0.717) is 37.4 Å². The fourth-order valence-electron chi connectivity index (χ4n) is 3.91. The zero-order valence-corrected chi connectivity index (χ0v) is 18.8. The van der Waals surface area contributed by atoms with Gasteiger partial charge < -0.3 is 9.80 Å². The lowest BCUT2D eigenvalue weighted by Gasteiger charge is -2.35. The number of rotatable bonds is 5. The summed E-state index contributed by atoms with van der Waals surface area (Å²) in [6.45, 7) is 2.04. The lowest BCUT2D eigenvalue weighted by Crippen LogP contribution is -2.50. The van der Waals surface area contributed by atoms with Gasteiger partial charge >= 0.3 is 0 Å². The zero-order chi connectivity index (χ0) is 24.2. The number of pyridine rings is 1. The van der Waals surface area contributed by atoms with Crippen LogP contribution < -0.4 is 10.5 Å². The molecule has 4 aromatic rings. The van der Waals surface area contributed by atoms with Gasteiger partial charge in [-0.25, -0.2) is 9.07 Å². The van der Waals surface area contributed by atoms with Gasteiger partial charge in [-0.3, -0.25) is 14.6 Å². The van der Waals surface area contributed by atoms with Crippen molar-refractivity contribution >= 4 is 11.7 Å². The molecule has 35 heavy (non-hydrogen) atoms. The van der Waals surface area contributed by atoms with Gasteiger partial charge in [-0.1, -0.05) is 0 Å². The first-order chi connectivity index (χ1) is 17.1. The minimum atomic E-state index is -0.369. The minimum absolute atomic E-state index is 0.159. The van der Waals surface area contributed by atoms with Gasteiger partial charge in [0.2, 0.25) is 5.91 Å². The molecule has 9 nitrogen and oxygen atoms in total. The Morgan fingerprint density at radius 1 is 0.857 bits per heavy atom. The summed E-state index contributed by atoms with van der Waals surface area (Å²) in [6, 6.07) is 16.3. The summed E-state index contributed by atoms with van der Waals surface area (Å²) in [5.41, 5.74) is 2.44. The normalized spacial score (nSPS) is 13.6. The summed E-state index contributed by atoms with van der Waals surface area (Å²) in [5.74, 6) is 0.204. The van der Waals surface area contributed by atoms with E-state index in [-0.39, 0.29) is 23.8 Å². The highest BCUT2D eigenvalue weighted by Gasteiger charge is 2.23. The molecule has 10 heteroatoms. The molecular formula is C25H22FN7O2. The Balaban J connectivity index is 1.21. The maximum absolute atomic E-state index is 13.2. The summed E-state index contributed by atoms with van der Waals surface area (Å²) in [6.07, 6.45) is 3.45. The number of carbonyl (C=O) groups is 1. The van der Waals surface area contributed by atoms with Gasteiger partial charge in [0.15, 0.2) is 5.82 Å². The van der Waals surface area contributed by atoms with Gasteiger partial charge in [0, 0.05) is 55.8 Å². The van der Waals surface area contributed by atoms with E-state index in [4.69, 9.17) is 0 Å². The van der Waals surface area contributed by atoms with Crippen molar-refractivity contribution in [2.75, 3.05) is 31.1 Å². The van der Waals surface area contributed by atoms with Crippen LogP contribution in [0.3, 0.4) is 0 Å². The molecule has 5 rings (SSSR count). The third-order valence-electron chi connectivity index (χ3n) is 5.86. The predicted octanol–water partition coefficient (Wildman–Crippen LogP) is 2.25. The molecule has 0 N–H and O–H groups in total. The molecular weight excluding hydrogens is 449 g/mol. The number of amides is 1. The maximum atomic E-state index is 13.2. The molecule has 0 atom stereocenters. The molecule has 176 valence electrons. The molecule has 0 radical (unpaired) electrons. The van der Waals surface area contributed by atoms with E-state index in [0.717, 1.165) is 21.8 Å². The van der Waals surface area contributed by atoms with Crippen LogP contribution in [0.1, 0.15) is 0 Å². The lowest BCUT2D eigenvalue weighted by molar-refractivity contribution is -0.132. The lowest BCUT2D eigenvalue weighted by atomic mass is 10.1. The number of anilines is 1. The molecule has 1 aliphatic rings. The topological polar surface area (TPSA) is 97.1 Å². The monoisotopic (exact) mass is 471 g/mol. The number of aromatic nitrogens is 5. The number of halogens is 1. The highest BCUT2D eigenvalue weighted by molar-refractivity contribution is 5.76. The Hall–Kier alpha value is -4.47. The number of hydrogen-bond donors (Lipinski definition) is 0. The first kappa shape index (κ1) is 22.3. The highest BCUT2D eigenvalue weighted by atomic mass is 19.1. The van der Waals surface area contributed by atoms with Crippen LogP contribution in [-0.4, -0.2) is 61.9 Å². The summed E-state index contributed by atoms with van der Waals surface area (Å²) in [7, 11) is 0. The Morgan fingerprint density at radius 3 is 2.31 bits per heavy atom. The van der Waals surface area contributed by atoms with Gasteiger partial charge in [0.25, 0.3) is 5.56 Å². The van der Waals surface area contributed by atoms with Crippen LogP contribution >= 0.6 is 0 Å². The largest absolute Gasteiger partial charge is 0.352 e. The van der Waals surface area contributed by atoms with Gasteiger partial charge in [0.1, 0.15) is 12.4 Å². The van der Waals surface area contributed by atoms with E-state index < -0.39 is 0 Å². The van der Waals surface area contributed by atoms with Crippen LogP contribution in [-0.2, 0) is 11.3 Å². The van der Waals surface area contributed by atoms with Crippen LogP contribution in [0, 0.1) is 5.82 Å². The second-order valence-corrected chi connectivity index (χ2v) is 8.11. The first-order valence-corrected chi connectivity index (χ1v) is 11.2. The van der Waals surface area contributed by atoms with Crippen LogP contribution in [0.4, 0.5) is 10.2 Å². The highest BCUT2D eigenvalue weighted by Crippen LogP contribution is 2.19. The quantitative estimate of drug-likeness (QED) is 0.440. The molecule has 1 amide bonds. The van der Waals surface area contributed by atoms with E-state index in [1.165, 1.54) is 18.2 Å². The third kappa shape index (κ3) is 5.06. The molecule has 4 heterocycles. The van der Waals surface area contributed by atoms with Gasteiger partial charge in [-0.2, -0.15) is 5.10 Å². The van der Waals surface area contributed by atoms with E-state index in [1.54, 1.807) is 35.5 Å². The van der Waals surface area contributed by atoms with Crippen molar-refractivity contribution in [1.82, 2.24) is 29.9 Å². The minimum Gasteiger partial charge on any atom is -0.352 e. The molecule has 1 saturated heterocycles. The molecule has 0 bridgehead atoms. The van der Waals surface area contributed by atoms with Gasteiger partial charge in [0.05, 0.1) is 11.4 Å². The standard InChI is InChI=1S/C25H22FN7O2/c26-20-5-3-18(4-6-20)22-8-10-24(34)33(30-22)17-25(35)32-14-12-31(13-15-32)23-9-7-21(28-29-23)19-2-1-11-27-16-19/h1-11,16H,12-15,17H2. The van der Waals surface area contributed by atoms with Crippen LogP contribution in [0.5, 0.6) is 0 Å². The average Bonchev–Trinajstić information content (AvgIpc) is 2.91. The summed E-state index contributed by atoms with van der Waals surface area (Å²) >= 11 is 0. The SMILES string of the molecule is O=C(Cn1nc(-c2ccc(F)cc2)ccc1=O)N1CCN(c2ccc(-c3cccnc3)nn2)CC1. The van der Waals surface area contributed by atoms with Crippen molar-refractivity contribution in [2.24, 2.45) is 0 Å². The van der Waals surface area contributed by atoms with Crippen molar-refractivity contribution in [3.8, 4) is 22.5 Å². The molecule has 0 saturated carbocycles. The molecule has 3 aromatic heterocycles. The van der Waals surface area contributed by atoms with E-state index >= 15 is 0 Å². The Bertz CT molecular complexity index is 1370. The number of piperazine rings is 1. The summed E-state index contributed by atoms with van der Waals surface area (Å²) in [4.78, 5) is 33.1. The number of carbonyl (C=O) groups excluding carboxylic acids is 1. The Morgan fingerprint density at radius 2 is 1.63 bits per heavy atom. The van der Waals surface area contributed by atoms with Crippen molar-refractivity contribution in [1.29, 1.82) is 0 Å². The van der Waals surface area contributed by atoms with E-state index in [9.17, 15) is 14.0 Å². The Kier molecular flexibility index (Phi) is 6.25. The predicted molar refractivity (Wildman–Crippen MR) is 128 cm³/mol. The molecule has 1 aromatic carbocycles. The number of nitrogens with zero attached hydrogens (tertiary/aromatic N) is 7. The average molecular weight is 471 g/mol. The summed E-state index contributed by atoms with van der Waals surface area (Å²) < 4.78 is 14.4. The molecule has 0 aliphatic carbocycles. The zero-order valence-electron chi connectivity index (χ0n) is 18.8. The van der Waals surface area contributed by atoms with Gasteiger partial charge in [-0.15, -0.1) is 10.2 Å². The maximum Gasteiger partial charge on any atom is 0.267 e. The van der Waals surface area contributed by atoms with Crippen molar-refractivity contribution in [3.63, 3.8) is 0 Å². The second kappa shape index (κ2) is 9.80. The van der Waals surface area contributed by atoms with Crippen molar-refractivity contribution in [2.45, 2.75) is 6.54 Å². The van der Waals surface area contributed by atoms with E-state index in [1.807, 2.05) is 24.3 Å².